The van der Waals surface area contributed by atoms with E-state index in [1.54, 1.807) is 0 Å². The van der Waals surface area contributed by atoms with Gasteiger partial charge in [0.15, 0.2) is 5.82 Å². The molecular formula is C25H30N4O3. The van der Waals surface area contributed by atoms with Crippen LogP contribution in [0.4, 0.5) is 11.5 Å². The van der Waals surface area contributed by atoms with Gasteiger partial charge in [-0.25, -0.2) is 9.97 Å². The summed E-state index contributed by atoms with van der Waals surface area (Å²) in [5, 5.41) is 3.06. The van der Waals surface area contributed by atoms with Crippen LogP contribution < -0.4 is 19.7 Å². The molecule has 32 heavy (non-hydrogen) atoms. The molecule has 2 heterocycles. The summed E-state index contributed by atoms with van der Waals surface area (Å²) in [7, 11) is 0. The predicted octanol–water partition coefficient (Wildman–Crippen LogP) is 4.67. The number of para-hydroxylation sites is 4. The quantitative estimate of drug-likeness (QED) is 0.555. The van der Waals surface area contributed by atoms with Gasteiger partial charge in [-0.3, -0.25) is 4.79 Å². The molecule has 0 radical (unpaired) electrons. The molecule has 1 saturated heterocycles. The van der Waals surface area contributed by atoms with E-state index in [9.17, 15) is 4.79 Å². The number of nitrogens with one attached hydrogen (secondary N) is 1. The Morgan fingerprint density at radius 3 is 2.59 bits per heavy atom. The summed E-state index contributed by atoms with van der Waals surface area (Å²) in [5.74, 6) is 1.77. The fraction of sp³-hybridized carbons (Fsp3) is 0.400. The number of amides is 1. The van der Waals surface area contributed by atoms with Crippen molar-refractivity contribution in [2.45, 2.75) is 33.1 Å². The zero-order valence-corrected chi connectivity index (χ0v) is 18.7. The maximum Gasteiger partial charge on any atom is 0.258 e. The van der Waals surface area contributed by atoms with Gasteiger partial charge in [0.2, 0.25) is 5.91 Å². The molecule has 2 aromatic carbocycles. The van der Waals surface area contributed by atoms with E-state index in [0.717, 1.165) is 36.8 Å². The molecule has 0 aliphatic carbocycles. The Morgan fingerprint density at radius 1 is 1.06 bits per heavy atom. The molecule has 1 aliphatic heterocycles. The molecule has 7 heteroatoms. The molecule has 1 N–H and O–H groups in total. The van der Waals surface area contributed by atoms with Crippen LogP contribution in [-0.2, 0) is 4.79 Å². The highest BCUT2D eigenvalue weighted by Gasteiger charge is 2.29. The van der Waals surface area contributed by atoms with Crippen LogP contribution in [0.5, 0.6) is 11.6 Å². The lowest BCUT2D eigenvalue weighted by atomic mass is 9.97. The van der Waals surface area contributed by atoms with Crippen LogP contribution in [-0.4, -0.2) is 42.2 Å². The highest BCUT2D eigenvalue weighted by Crippen LogP contribution is 2.32. The molecule has 1 aromatic heterocycles. The van der Waals surface area contributed by atoms with Crippen molar-refractivity contribution in [3.63, 3.8) is 0 Å². The van der Waals surface area contributed by atoms with Crippen molar-refractivity contribution in [1.82, 2.24) is 9.97 Å². The molecule has 168 valence electrons. The van der Waals surface area contributed by atoms with Crippen molar-refractivity contribution in [2.24, 2.45) is 5.92 Å². The third-order valence-electron chi connectivity index (χ3n) is 5.50. The average molecular weight is 435 g/mol. The lowest BCUT2D eigenvalue weighted by molar-refractivity contribution is -0.120. The zero-order chi connectivity index (χ0) is 22.3. The summed E-state index contributed by atoms with van der Waals surface area (Å²) >= 11 is 0. The summed E-state index contributed by atoms with van der Waals surface area (Å²) in [6.07, 6.45) is 2.61. The van der Waals surface area contributed by atoms with Crippen molar-refractivity contribution in [2.75, 3.05) is 36.5 Å². The smallest absolute Gasteiger partial charge is 0.258 e. The third kappa shape index (κ3) is 4.93. The Morgan fingerprint density at radius 2 is 1.81 bits per heavy atom. The number of hydrogen-bond acceptors (Lipinski definition) is 6. The van der Waals surface area contributed by atoms with E-state index < -0.39 is 0 Å². The van der Waals surface area contributed by atoms with Crippen molar-refractivity contribution in [3.8, 4) is 11.6 Å². The van der Waals surface area contributed by atoms with Crippen LogP contribution in [0.1, 0.15) is 33.1 Å². The van der Waals surface area contributed by atoms with Crippen molar-refractivity contribution in [1.29, 1.82) is 0 Å². The van der Waals surface area contributed by atoms with Crippen LogP contribution >= 0.6 is 0 Å². The molecule has 1 unspecified atom stereocenters. The third-order valence-corrected chi connectivity index (χ3v) is 5.50. The monoisotopic (exact) mass is 434 g/mol. The highest BCUT2D eigenvalue weighted by molar-refractivity contribution is 5.94. The molecule has 0 saturated carbocycles. The van der Waals surface area contributed by atoms with Gasteiger partial charge in [-0.15, -0.1) is 0 Å². The number of ether oxygens (including phenoxy) is 2. The largest absolute Gasteiger partial charge is 0.492 e. The van der Waals surface area contributed by atoms with Crippen molar-refractivity contribution in [3.05, 3.63) is 48.5 Å². The number of carbonyl (C=O) groups excluding carboxylic acids is 1. The van der Waals surface area contributed by atoms with Crippen molar-refractivity contribution < 1.29 is 14.3 Å². The molecule has 1 amide bonds. The van der Waals surface area contributed by atoms with Gasteiger partial charge in [-0.1, -0.05) is 31.2 Å². The number of fused-ring (bicyclic) bond motifs is 1. The van der Waals surface area contributed by atoms with Gasteiger partial charge in [-0.2, -0.15) is 0 Å². The second kappa shape index (κ2) is 10.3. The first kappa shape index (κ1) is 21.9. The van der Waals surface area contributed by atoms with E-state index in [1.807, 2.05) is 55.5 Å². The zero-order valence-electron chi connectivity index (χ0n) is 18.7. The van der Waals surface area contributed by atoms with Crippen LogP contribution in [0.25, 0.3) is 11.0 Å². The number of hydrogen-bond donors (Lipinski definition) is 1. The summed E-state index contributed by atoms with van der Waals surface area (Å²) in [5.41, 5.74) is 2.33. The topological polar surface area (TPSA) is 76.6 Å². The Hall–Kier alpha value is -3.35. The van der Waals surface area contributed by atoms with Gasteiger partial charge >= 0.3 is 0 Å². The van der Waals surface area contributed by atoms with E-state index in [1.165, 1.54) is 0 Å². The minimum atomic E-state index is -0.161. The molecule has 3 aromatic rings. The lowest BCUT2D eigenvalue weighted by Crippen LogP contribution is -2.41. The van der Waals surface area contributed by atoms with Gasteiger partial charge in [0.25, 0.3) is 5.88 Å². The molecule has 1 atom stereocenters. The number of piperidine rings is 1. The normalized spacial score (nSPS) is 16.1. The van der Waals surface area contributed by atoms with Crippen LogP contribution in [0.15, 0.2) is 48.5 Å². The molecule has 0 bridgehead atoms. The van der Waals surface area contributed by atoms with Crippen LogP contribution in [0.2, 0.25) is 0 Å². The number of anilines is 2. The minimum Gasteiger partial charge on any atom is -0.492 e. The molecule has 1 fully saturated rings. The van der Waals surface area contributed by atoms with Crippen LogP contribution in [0, 0.1) is 5.92 Å². The van der Waals surface area contributed by atoms with E-state index in [-0.39, 0.29) is 11.8 Å². The Labute approximate surface area is 188 Å². The maximum atomic E-state index is 13.1. The maximum absolute atomic E-state index is 13.1. The summed E-state index contributed by atoms with van der Waals surface area (Å²) in [6.45, 7) is 6.50. The average Bonchev–Trinajstić information content (AvgIpc) is 2.83. The van der Waals surface area contributed by atoms with E-state index in [0.29, 0.717) is 42.9 Å². The standard InChI is InChI=1S/C25H30N4O3/c1-3-16-32-25-23(26-19-11-5-6-12-20(19)28-25)29-15-9-10-18(17-29)24(30)27-21-13-7-8-14-22(21)31-4-2/h5-8,11-14,18H,3-4,9-10,15-17H2,1-2H3,(H,27,30). The van der Waals surface area contributed by atoms with Gasteiger partial charge < -0.3 is 19.7 Å². The first-order valence-electron chi connectivity index (χ1n) is 11.4. The number of carbonyl (C=O) groups is 1. The summed E-state index contributed by atoms with van der Waals surface area (Å²) in [4.78, 5) is 24.8. The number of nitrogens with zero attached hydrogens (tertiary/aromatic N) is 3. The fourth-order valence-corrected chi connectivity index (χ4v) is 3.95. The van der Waals surface area contributed by atoms with Gasteiger partial charge in [0.1, 0.15) is 5.75 Å². The Balaban J connectivity index is 1.55. The highest BCUT2D eigenvalue weighted by atomic mass is 16.5. The molecule has 1 aliphatic rings. The SMILES string of the molecule is CCCOc1nc2ccccc2nc1N1CCCC(C(=O)Nc2ccccc2OCC)C1. The molecule has 0 spiro atoms. The molecule has 7 nitrogen and oxygen atoms in total. The lowest BCUT2D eigenvalue weighted by Gasteiger charge is -2.33. The Kier molecular flexibility index (Phi) is 7.04. The number of aromatic nitrogens is 2. The van der Waals surface area contributed by atoms with Gasteiger partial charge in [-0.05, 0) is 50.5 Å². The molecular weight excluding hydrogens is 404 g/mol. The first-order chi connectivity index (χ1) is 15.7. The van der Waals surface area contributed by atoms with E-state index >= 15 is 0 Å². The second-order valence-electron chi connectivity index (χ2n) is 7.89. The van der Waals surface area contributed by atoms with Crippen LogP contribution in [0.3, 0.4) is 0 Å². The Bertz CT molecular complexity index is 1070. The molecule has 4 rings (SSSR count). The summed E-state index contributed by atoms with van der Waals surface area (Å²) < 4.78 is 11.6. The van der Waals surface area contributed by atoms with E-state index in [2.05, 4.69) is 17.1 Å². The minimum absolute atomic E-state index is 0.00775. The fourth-order valence-electron chi connectivity index (χ4n) is 3.95. The number of benzene rings is 2. The predicted molar refractivity (Wildman–Crippen MR) is 127 cm³/mol. The second-order valence-corrected chi connectivity index (χ2v) is 7.89. The van der Waals surface area contributed by atoms with Gasteiger partial charge in [0, 0.05) is 13.1 Å². The number of rotatable bonds is 8. The van der Waals surface area contributed by atoms with Crippen molar-refractivity contribution >= 4 is 28.4 Å². The van der Waals surface area contributed by atoms with E-state index in [4.69, 9.17) is 19.4 Å². The summed E-state index contributed by atoms with van der Waals surface area (Å²) in [6, 6.07) is 15.3. The first-order valence-corrected chi connectivity index (χ1v) is 11.4. The van der Waals surface area contributed by atoms with Gasteiger partial charge in [0.05, 0.1) is 35.9 Å².